The van der Waals surface area contributed by atoms with E-state index in [1.807, 2.05) is 37.3 Å². The van der Waals surface area contributed by atoms with Crippen molar-refractivity contribution in [2.45, 2.75) is 13.0 Å². The summed E-state index contributed by atoms with van der Waals surface area (Å²) in [5.74, 6) is 0. The Morgan fingerprint density at radius 3 is 2.44 bits per heavy atom. The van der Waals surface area contributed by atoms with Gasteiger partial charge in [0, 0.05) is 5.56 Å². The van der Waals surface area contributed by atoms with Gasteiger partial charge in [-0.2, -0.15) is 0 Å². The quantitative estimate of drug-likeness (QED) is 0.824. The topological polar surface area (TPSA) is 20.2 Å². The molecule has 16 heavy (non-hydrogen) atoms. The van der Waals surface area contributed by atoms with Crippen molar-refractivity contribution >= 4 is 43.2 Å². The first-order chi connectivity index (χ1) is 7.59. The molecule has 84 valence electrons. The minimum atomic E-state index is -0.571. The molecule has 1 atom stereocenters. The van der Waals surface area contributed by atoms with Gasteiger partial charge in [-0.25, -0.2) is 0 Å². The number of hydrogen-bond donors (Lipinski definition) is 1. The minimum absolute atomic E-state index is 0.571. The van der Waals surface area contributed by atoms with Crippen LogP contribution in [0.5, 0.6) is 0 Å². The lowest BCUT2D eigenvalue weighted by Gasteiger charge is -2.12. The van der Waals surface area contributed by atoms with E-state index in [-0.39, 0.29) is 0 Å². The summed E-state index contributed by atoms with van der Waals surface area (Å²) < 4.78 is 1.98. The van der Waals surface area contributed by atoms with Gasteiger partial charge in [0.1, 0.15) is 6.10 Å². The highest BCUT2D eigenvalue weighted by Crippen LogP contribution is 2.38. The van der Waals surface area contributed by atoms with Crippen molar-refractivity contribution in [3.8, 4) is 0 Å². The smallest absolute Gasteiger partial charge is 0.106 e. The number of benzene rings is 1. The Hall–Kier alpha value is -0.160. The molecule has 4 heteroatoms. The summed E-state index contributed by atoms with van der Waals surface area (Å²) in [6.07, 6.45) is -0.571. The third-order valence-electron chi connectivity index (χ3n) is 2.46. The second-order valence-electron chi connectivity index (χ2n) is 3.54. The van der Waals surface area contributed by atoms with Gasteiger partial charge in [-0.1, -0.05) is 24.3 Å². The maximum absolute atomic E-state index is 10.3. The van der Waals surface area contributed by atoms with Crippen LogP contribution in [-0.2, 0) is 0 Å². The van der Waals surface area contributed by atoms with Gasteiger partial charge in [-0.15, -0.1) is 11.3 Å². The predicted molar refractivity (Wildman–Crippen MR) is 75.0 cm³/mol. The zero-order valence-corrected chi connectivity index (χ0v) is 12.6. The maximum atomic E-state index is 10.3. The minimum Gasteiger partial charge on any atom is -0.384 e. The molecule has 0 bridgehead atoms. The van der Waals surface area contributed by atoms with Crippen LogP contribution < -0.4 is 0 Å². The van der Waals surface area contributed by atoms with E-state index >= 15 is 0 Å². The zero-order valence-electron chi connectivity index (χ0n) is 8.58. The number of thiophene rings is 1. The van der Waals surface area contributed by atoms with Crippen molar-refractivity contribution in [1.29, 1.82) is 0 Å². The van der Waals surface area contributed by atoms with Crippen LogP contribution in [0.4, 0.5) is 0 Å². The van der Waals surface area contributed by atoms with E-state index in [1.54, 1.807) is 11.3 Å². The molecule has 0 aliphatic carbocycles. The molecule has 0 amide bonds. The first-order valence-electron chi connectivity index (χ1n) is 4.78. The Labute approximate surface area is 115 Å². The molecule has 0 aliphatic heterocycles. The second-order valence-corrected chi connectivity index (χ2v) is 7.29. The van der Waals surface area contributed by atoms with E-state index in [0.717, 1.165) is 24.3 Å². The Kier molecular flexibility index (Phi) is 3.85. The van der Waals surface area contributed by atoms with E-state index < -0.39 is 6.10 Å². The van der Waals surface area contributed by atoms with Crippen LogP contribution in [0.1, 0.15) is 22.8 Å². The average molecular weight is 362 g/mol. The molecule has 0 radical (unpaired) electrons. The molecular formula is C12H10Br2OS. The summed E-state index contributed by atoms with van der Waals surface area (Å²) in [6, 6.07) is 9.84. The molecule has 2 rings (SSSR count). The molecule has 0 aliphatic rings. The lowest BCUT2D eigenvalue weighted by Crippen LogP contribution is -2.00. The average Bonchev–Trinajstić information content (AvgIpc) is 2.58. The van der Waals surface area contributed by atoms with Crippen LogP contribution in [0.3, 0.4) is 0 Å². The number of aliphatic hydroxyl groups is 1. The van der Waals surface area contributed by atoms with E-state index in [9.17, 15) is 5.11 Å². The lowest BCUT2D eigenvalue weighted by molar-refractivity contribution is 0.219. The fraction of sp³-hybridized carbons (Fsp3) is 0.167. The van der Waals surface area contributed by atoms with Gasteiger partial charge >= 0.3 is 0 Å². The number of hydrogen-bond acceptors (Lipinski definition) is 2. The summed E-state index contributed by atoms with van der Waals surface area (Å²) >= 11 is 8.46. The fourth-order valence-corrected chi connectivity index (χ4v) is 4.48. The highest BCUT2D eigenvalue weighted by molar-refractivity contribution is 9.12. The van der Waals surface area contributed by atoms with Gasteiger partial charge in [-0.05, 0) is 56.0 Å². The van der Waals surface area contributed by atoms with E-state index in [2.05, 4.69) is 31.9 Å². The Bertz CT molecular complexity index is 507. The van der Waals surface area contributed by atoms with Crippen molar-refractivity contribution in [2.75, 3.05) is 0 Å². The van der Waals surface area contributed by atoms with Gasteiger partial charge in [0.05, 0.1) is 7.57 Å². The molecule has 1 aromatic heterocycles. The first-order valence-corrected chi connectivity index (χ1v) is 7.18. The third-order valence-corrected chi connectivity index (χ3v) is 4.85. The van der Waals surface area contributed by atoms with Crippen LogP contribution in [0.15, 0.2) is 37.9 Å². The molecule has 0 fully saturated rings. The predicted octanol–water partition coefficient (Wildman–Crippen LogP) is 4.66. The Morgan fingerprint density at radius 2 is 1.88 bits per heavy atom. The van der Waals surface area contributed by atoms with Gasteiger partial charge in [0.2, 0.25) is 0 Å². The van der Waals surface area contributed by atoms with Crippen LogP contribution in [0.25, 0.3) is 0 Å². The van der Waals surface area contributed by atoms with Crippen LogP contribution in [-0.4, -0.2) is 5.11 Å². The largest absolute Gasteiger partial charge is 0.384 e. The molecule has 2 aromatic rings. The second kappa shape index (κ2) is 5.00. The van der Waals surface area contributed by atoms with E-state index in [4.69, 9.17) is 0 Å². The summed E-state index contributed by atoms with van der Waals surface area (Å²) in [6.45, 7) is 2.01. The highest BCUT2D eigenvalue weighted by Gasteiger charge is 2.17. The van der Waals surface area contributed by atoms with Crippen molar-refractivity contribution in [2.24, 2.45) is 0 Å². The van der Waals surface area contributed by atoms with E-state index in [0.29, 0.717) is 0 Å². The molecule has 1 heterocycles. The van der Waals surface area contributed by atoms with Crippen molar-refractivity contribution in [1.82, 2.24) is 0 Å². The fourth-order valence-electron chi connectivity index (χ4n) is 1.60. The molecule has 1 nitrogen and oxygen atoms in total. The van der Waals surface area contributed by atoms with Gasteiger partial charge in [0.25, 0.3) is 0 Å². The number of aliphatic hydroxyl groups excluding tert-OH is 1. The number of aryl methyl sites for hydroxylation is 1. The standard InChI is InChI=1S/C12H10Br2OS/c1-7-4-2-3-5-8(7)11(15)9-6-10(13)16-12(9)14/h2-6,11,15H,1H3. The molecule has 1 unspecified atom stereocenters. The summed E-state index contributed by atoms with van der Waals surface area (Å²) in [7, 11) is 0. The van der Waals surface area contributed by atoms with Gasteiger partial charge in [0.15, 0.2) is 0 Å². The monoisotopic (exact) mass is 360 g/mol. The zero-order chi connectivity index (χ0) is 11.7. The molecule has 1 N–H and O–H groups in total. The van der Waals surface area contributed by atoms with Crippen molar-refractivity contribution in [3.63, 3.8) is 0 Å². The highest BCUT2D eigenvalue weighted by atomic mass is 79.9. The maximum Gasteiger partial charge on any atom is 0.106 e. The number of halogens is 2. The summed E-state index contributed by atoms with van der Waals surface area (Å²) in [4.78, 5) is 0. The normalized spacial score (nSPS) is 12.8. The van der Waals surface area contributed by atoms with Crippen molar-refractivity contribution < 1.29 is 5.11 Å². The SMILES string of the molecule is Cc1ccccc1C(O)c1cc(Br)sc1Br. The summed E-state index contributed by atoms with van der Waals surface area (Å²) in [5, 5.41) is 10.3. The van der Waals surface area contributed by atoms with Gasteiger partial charge < -0.3 is 5.11 Å². The third kappa shape index (κ3) is 2.40. The van der Waals surface area contributed by atoms with Gasteiger partial charge in [-0.3, -0.25) is 0 Å². The Morgan fingerprint density at radius 1 is 1.19 bits per heavy atom. The van der Waals surface area contributed by atoms with Crippen LogP contribution in [0, 0.1) is 6.92 Å². The lowest BCUT2D eigenvalue weighted by atomic mass is 10.00. The molecule has 0 saturated heterocycles. The number of rotatable bonds is 2. The molecule has 0 saturated carbocycles. The van der Waals surface area contributed by atoms with Crippen molar-refractivity contribution in [3.05, 3.63) is 54.6 Å². The van der Waals surface area contributed by atoms with E-state index in [1.165, 1.54) is 0 Å². The molecule has 1 aromatic carbocycles. The summed E-state index contributed by atoms with van der Waals surface area (Å²) in [5.41, 5.74) is 2.96. The first kappa shape index (κ1) is 12.3. The molecular weight excluding hydrogens is 352 g/mol. The van der Waals surface area contributed by atoms with Crippen LogP contribution in [0.2, 0.25) is 0 Å². The van der Waals surface area contributed by atoms with Crippen LogP contribution >= 0.6 is 43.2 Å². The molecule has 0 spiro atoms. The Balaban J connectivity index is 2.43.